The van der Waals surface area contributed by atoms with Crippen LogP contribution in [0.25, 0.3) is 10.9 Å². The molecular formula is C22H24N2O3. The molecule has 3 N–H and O–H groups in total. The molecule has 2 aromatic carbocycles. The number of para-hydroxylation sites is 1. The van der Waals surface area contributed by atoms with Crippen molar-refractivity contribution in [3.8, 4) is 0 Å². The van der Waals surface area contributed by atoms with Crippen molar-refractivity contribution in [3.05, 3.63) is 71.4 Å². The smallest absolute Gasteiger partial charge is 0.326 e. The minimum absolute atomic E-state index is 0.00601. The van der Waals surface area contributed by atoms with Gasteiger partial charge in [0.05, 0.1) is 0 Å². The summed E-state index contributed by atoms with van der Waals surface area (Å²) in [5.74, 6) is -1.44. The summed E-state index contributed by atoms with van der Waals surface area (Å²) in [5, 5.41) is 13.2. The molecule has 1 amide bonds. The van der Waals surface area contributed by atoms with Crippen LogP contribution in [0.15, 0.2) is 54.7 Å². The highest BCUT2D eigenvalue weighted by Gasteiger charge is 2.23. The molecule has 0 bridgehead atoms. The maximum Gasteiger partial charge on any atom is 0.326 e. The van der Waals surface area contributed by atoms with Gasteiger partial charge >= 0.3 is 5.97 Å². The van der Waals surface area contributed by atoms with E-state index in [1.54, 1.807) is 18.3 Å². The van der Waals surface area contributed by atoms with Crippen molar-refractivity contribution < 1.29 is 14.7 Å². The lowest BCUT2D eigenvalue weighted by molar-refractivity contribution is -0.139. The summed E-state index contributed by atoms with van der Waals surface area (Å²) in [6.45, 7) is 6.30. The van der Waals surface area contributed by atoms with Gasteiger partial charge in [-0.05, 0) is 34.7 Å². The minimum atomic E-state index is -1.06. The lowest BCUT2D eigenvalue weighted by atomic mass is 9.86. The van der Waals surface area contributed by atoms with E-state index in [1.807, 2.05) is 36.4 Å². The van der Waals surface area contributed by atoms with Crippen molar-refractivity contribution in [2.24, 2.45) is 0 Å². The number of H-pyrrole nitrogens is 1. The molecule has 0 radical (unpaired) electrons. The molecule has 5 heteroatoms. The monoisotopic (exact) mass is 364 g/mol. The quantitative estimate of drug-likeness (QED) is 0.642. The number of fused-ring (bicyclic) bond motifs is 1. The summed E-state index contributed by atoms with van der Waals surface area (Å²) in [7, 11) is 0. The van der Waals surface area contributed by atoms with Gasteiger partial charge in [0.25, 0.3) is 5.91 Å². The van der Waals surface area contributed by atoms with E-state index in [-0.39, 0.29) is 17.7 Å². The molecule has 5 nitrogen and oxygen atoms in total. The van der Waals surface area contributed by atoms with Crippen molar-refractivity contribution >= 4 is 22.8 Å². The lowest BCUT2D eigenvalue weighted by Gasteiger charge is -2.19. The van der Waals surface area contributed by atoms with E-state index in [2.05, 4.69) is 31.1 Å². The maximum atomic E-state index is 12.5. The fraction of sp³-hybridized carbons (Fsp3) is 0.273. The highest BCUT2D eigenvalue weighted by molar-refractivity contribution is 5.97. The number of benzene rings is 2. The van der Waals surface area contributed by atoms with Crippen LogP contribution < -0.4 is 5.32 Å². The van der Waals surface area contributed by atoms with Crippen molar-refractivity contribution in [2.75, 3.05) is 0 Å². The Hall–Kier alpha value is -3.08. The Balaban J connectivity index is 1.76. The molecule has 0 fully saturated rings. The van der Waals surface area contributed by atoms with E-state index in [0.717, 1.165) is 22.0 Å². The second-order valence-electron chi connectivity index (χ2n) is 7.76. The van der Waals surface area contributed by atoms with Gasteiger partial charge in [-0.25, -0.2) is 4.79 Å². The van der Waals surface area contributed by atoms with Crippen LogP contribution in [0.5, 0.6) is 0 Å². The van der Waals surface area contributed by atoms with Crippen LogP contribution in [-0.2, 0) is 16.6 Å². The number of aromatic nitrogens is 1. The van der Waals surface area contributed by atoms with Gasteiger partial charge in [0.15, 0.2) is 0 Å². The predicted molar refractivity (Wildman–Crippen MR) is 106 cm³/mol. The number of aromatic amines is 1. The second kappa shape index (κ2) is 7.27. The molecule has 1 aromatic heterocycles. The third-order valence-electron chi connectivity index (χ3n) is 4.72. The molecular weight excluding hydrogens is 340 g/mol. The number of nitrogens with one attached hydrogen (secondary N) is 2. The summed E-state index contributed by atoms with van der Waals surface area (Å²) in [5.41, 5.74) is 3.37. The number of carboxylic acid groups (broad SMARTS) is 1. The standard InChI is InChI=1S/C22H24N2O3/c1-22(2,3)16-10-8-14(9-11-16)20(25)24-19(21(26)27)12-15-13-23-18-7-5-4-6-17(15)18/h4-11,13,19,23H,12H2,1-3H3,(H,24,25)(H,26,27). The van der Waals surface area contributed by atoms with Gasteiger partial charge in [-0.2, -0.15) is 0 Å². The highest BCUT2D eigenvalue weighted by atomic mass is 16.4. The molecule has 3 rings (SSSR count). The van der Waals surface area contributed by atoms with Gasteiger partial charge in [-0.15, -0.1) is 0 Å². The predicted octanol–water partition coefficient (Wildman–Crippen LogP) is 3.89. The van der Waals surface area contributed by atoms with E-state index < -0.39 is 12.0 Å². The Morgan fingerprint density at radius 1 is 1.07 bits per heavy atom. The molecule has 3 aromatic rings. The van der Waals surface area contributed by atoms with Crippen LogP contribution in [0.1, 0.15) is 42.3 Å². The van der Waals surface area contributed by atoms with Crippen LogP contribution in [0.2, 0.25) is 0 Å². The van der Waals surface area contributed by atoms with Crippen LogP contribution in [0.3, 0.4) is 0 Å². The maximum absolute atomic E-state index is 12.5. The van der Waals surface area contributed by atoms with E-state index in [4.69, 9.17) is 0 Å². The summed E-state index contributed by atoms with van der Waals surface area (Å²) < 4.78 is 0. The third kappa shape index (κ3) is 4.19. The SMILES string of the molecule is CC(C)(C)c1ccc(C(=O)NC(Cc2c[nH]c3ccccc23)C(=O)O)cc1. The molecule has 1 heterocycles. The molecule has 0 aliphatic carbocycles. The number of carboxylic acids is 1. The lowest BCUT2D eigenvalue weighted by Crippen LogP contribution is -2.42. The van der Waals surface area contributed by atoms with Gasteiger partial charge in [-0.3, -0.25) is 4.79 Å². The number of carbonyl (C=O) groups excluding carboxylic acids is 1. The number of hydrogen-bond acceptors (Lipinski definition) is 2. The van der Waals surface area contributed by atoms with Crippen molar-refractivity contribution in [3.63, 3.8) is 0 Å². The molecule has 0 saturated heterocycles. The fourth-order valence-electron chi connectivity index (χ4n) is 3.08. The summed E-state index contributed by atoms with van der Waals surface area (Å²) >= 11 is 0. The molecule has 27 heavy (non-hydrogen) atoms. The van der Waals surface area contributed by atoms with E-state index in [9.17, 15) is 14.7 Å². The van der Waals surface area contributed by atoms with Gasteiger partial charge in [0, 0.05) is 29.1 Å². The average Bonchev–Trinajstić information content (AvgIpc) is 3.03. The number of hydrogen-bond donors (Lipinski definition) is 3. The Bertz CT molecular complexity index is 965. The molecule has 0 aliphatic rings. The van der Waals surface area contributed by atoms with E-state index >= 15 is 0 Å². The Morgan fingerprint density at radius 3 is 2.37 bits per heavy atom. The Kier molecular flexibility index (Phi) is 5.04. The van der Waals surface area contributed by atoms with Gasteiger partial charge < -0.3 is 15.4 Å². The number of carbonyl (C=O) groups is 2. The first kappa shape index (κ1) is 18.7. The second-order valence-corrected chi connectivity index (χ2v) is 7.76. The summed E-state index contributed by atoms with van der Waals surface area (Å²) in [6.07, 6.45) is 2.01. The first-order chi connectivity index (χ1) is 12.8. The zero-order chi connectivity index (χ0) is 19.6. The highest BCUT2D eigenvalue weighted by Crippen LogP contribution is 2.22. The molecule has 0 spiro atoms. The Labute approximate surface area is 158 Å². The van der Waals surface area contributed by atoms with Gasteiger partial charge in [0.1, 0.15) is 6.04 Å². The van der Waals surface area contributed by atoms with Crippen LogP contribution in [0, 0.1) is 0 Å². The number of rotatable bonds is 5. The van der Waals surface area contributed by atoms with Crippen LogP contribution in [-0.4, -0.2) is 28.0 Å². The van der Waals surface area contributed by atoms with Crippen LogP contribution in [0.4, 0.5) is 0 Å². The van der Waals surface area contributed by atoms with Crippen molar-refractivity contribution in [1.82, 2.24) is 10.3 Å². The summed E-state index contributed by atoms with van der Waals surface area (Å²) in [4.78, 5) is 27.4. The van der Waals surface area contributed by atoms with Gasteiger partial charge in [0.2, 0.25) is 0 Å². The van der Waals surface area contributed by atoms with E-state index in [1.165, 1.54) is 0 Å². The first-order valence-electron chi connectivity index (χ1n) is 8.95. The minimum Gasteiger partial charge on any atom is -0.480 e. The molecule has 0 saturated carbocycles. The van der Waals surface area contributed by atoms with E-state index in [0.29, 0.717) is 5.56 Å². The number of aliphatic carboxylic acids is 1. The molecule has 1 unspecified atom stereocenters. The zero-order valence-electron chi connectivity index (χ0n) is 15.7. The molecule has 0 aliphatic heterocycles. The average molecular weight is 364 g/mol. The Morgan fingerprint density at radius 2 is 1.74 bits per heavy atom. The third-order valence-corrected chi connectivity index (χ3v) is 4.72. The van der Waals surface area contributed by atoms with Crippen molar-refractivity contribution in [1.29, 1.82) is 0 Å². The first-order valence-corrected chi connectivity index (χ1v) is 8.95. The zero-order valence-corrected chi connectivity index (χ0v) is 15.7. The largest absolute Gasteiger partial charge is 0.480 e. The molecule has 140 valence electrons. The van der Waals surface area contributed by atoms with Crippen molar-refractivity contribution in [2.45, 2.75) is 38.6 Å². The number of amides is 1. The summed E-state index contributed by atoms with van der Waals surface area (Å²) in [6, 6.07) is 14.0. The normalized spacial score (nSPS) is 12.7. The van der Waals surface area contributed by atoms with Gasteiger partial charge in [-0.1, -0.05) is 51.1 Å². The topological polar surface area (TPSA) is 82.2 Å². The molecule has 1 atom stereocenters. The van der Waals surface area contributed by atoms with Crippen LogP contribution >= 0.6 is 0 Å². The fourth-order valence-corrected chi connectivity index (χ4v) is 3.08.